The van der Waals surface area contributed by atoms with Gasteiger partial charge in [0.2, 0.25) is 0 Å². The van der Waals surface area contributed by atoms with E-state index in [2.05, 4.69) is 0 Å². The molecular weight excluding hydrogens is 296 g/mol. The van der Waals surface area contributed by atoms with E-state index in [9.17, 15) is 19.8 Å². The van der Waals surface area contributed by atoms with Gasteiger partial charge >= 0.3 is 11.9 Å². The lowest BCUT2D eigenvalue weighted by Gasteiger charge is -2.36. The van der Waals surface area contributed by atoms with Crippen LogP contribution in [0.1, 0.15) is 83.5 Å². The summed E-state index contributed by atoms with van der Waals surface area (Å²) in [5, 5.41) is 19.2. The molecule has 2 aliphatic carbocycles. The molecule has 2 saturated carbocycles. The Bertz CT molecular complexity index is 350. The second-order valence-corrected chi connectivity index (χ2v) is 7.15. The van der Waals surface area contributed by atoms with E-state index in [0.717, 1.165) is 70.6 Å². The van der Waals surface area contributed by atoms with Gasteiger partial charge in [0.05, 0.1) is 10.8 Å². The summed E-state index contributed by atoms with van der Waals surface area (Å²) >= 11 is 0. The van der Waals surface area contributed by atoms with E-state index in [1.165, 1.54) is 0 Å². The van der Waals surface area contributed by atoms with Crippen molar-refractivity contribution in [3.05, 3.63) is 0 Å². The van der Waals surface area contributed by atoms with Crippen LogP contribution >= 0.6 is 0 Å². The summed E-state index contributed by atoms with van der Waals surface area (Å²) in [7, 11) is 0. The maximum absolute atomic E-state index is 11.7. The van der Waals surface area contributed by atoms with E-state index in [1.54, 1.807) is 0 Å². The van der Waals surface area contributed by atoms with Crippen LogP contribution in [0.2, 0.25) is 0 Å². The molecule has 2 rings (SSSR count). The minimum absolute atomic E-state index is 0. The van der Waals surface area contributed by atoms with Crippen molar-refractivity contribution >= 4 is 11.9 Å². The molecule has 0 unspecified atom stereocenters. The SMILES string of the molecule is N.N.O=C(O)C1(CCCC2(C(=O)O)CCCCC2)CCCCC1. The minimum atomic E-state index is -0.671. The van der Waals surface area contributed by atoms with Gasteiger partial charge < -0.3 is 22.5 Å². The standard InChI is InChI=1S/C17H28O4.2H3N/c18-14(19)16(8-3-1-4-9-16)12-7-13-17(15(20)21)10-5-2-6-11-17;;/h1-13H2,(H,18,19)(H,20,21);2*1H3. The molecule has 0 heterocycles. The van der Waals surface area contributed by atoms with Gasteiger partial charge in [0.15, 0.2) is 0 Å². The van der Waals surface area contributed by atoms with Gasteiger partial charge in [-0.15, -0.1) is 0 Å². The van der Waals surface area contributed by atoms with Crippen molar-refractivity contribution in [2.75, 3.05) is 0 Å². The van der Waals surface area contributed by atoms with Crippen molar-refractivity contribution in [2.45, 2.75) is 83.5 Å². The highest BCUT2D eigenvalue weighted by Crippen LogP contribution is 2.45. The van der Waals surface area contributed by atoms with Crippen LogP contribution in [0.3, 0.4) is 0 Å². The summed E-state index contributed by atoms with van der Waals surface area (Å²) in [6, 6.07) is 0. The molecule has 0 atom stereocenters. The second-order valence-electron chi connectivity index (χ2n) is 7.15. The van der Waals surface area contributed by atoms with Gasteiger partial charge in [0, 0.05) is 0 Å². The van der Waals surface area contributed by atoms with Gasteiger partial charge in [-0.05, 0) is 38.5 Å². The first-order valence-corrected chi connectivity index (χ1v) is 8.48. The molecule has 0 aliphatic heterocycles. The number of carbonyl (C=O) groups is 2. The molecule has 2 fully saturated rings. The lowest BCUT2D eigenvalue weighted by atomic mass is 9.67. The average molecular weight is 330 g/mol. The zero-order valence-electron chi connectivity index (χ0n) is 14.3. The predicted octanol–water partition coefficient (Wildman–Crippen LogP) is 4.55. The van der Waals surface area contributed by atoms with Gasteiger partial charge in [0.25, 0.3) is 0 Å². The van der Waals surface area contributed by atoms with E-state index in [-0.39, 0.29) is 12.3 Å². The molecule has 0 aromatic heterocycles. The Kier molecular flexibility index (Phi) is 8.77. The van der Waals surface area contributed by atoms with Gasteiger partial charge in [0.1, 0.15) is 0 Å². The molecule has 0 amide bonds. The largest absolute Gasteiger partial charge is 0.481 e. The number of carboxylic acids is 2. The van der Waals surface area contributed by atoms with Crippen LogP contribution in [0.15, 0.2) is 0 Å². The molecular formula is C17H34N2O4. The highest BCUT2D eigenvalue weighted by Gasteiger charge is 2.42. The Balaban J connectivity index is 0.00000242. The third-order valence-corrected chi connectivity index (χ3v) is 5.84. The van der Waals surface area contributed by atoms with E-state index >= 15 is 0 Å². The van der Waals surface area contributed by atoms with E-state index < -0.39 is 22.8 Å². The summed E-state index contributed by atoms with van der Waals surface area (Å²) in [6.07, 6.45) is 11.4. The van der Waals surface area contributed by atoms with Crippen LogP contribution in [-0.4, -0.2) is 22.2 Å². The lowest BCUT2D eigenvalue weighted by Crippen LogP contribution is -2.36. The van der Waals surface area contributed by atoms with Crippen LogP contribution in [-0.2, 0) is 9.59 Å². The Morgan fingerprint density at radius 1 is 0.652 bits per heavy atom. The summed E-state index contributed by atoms with van der Waals surface area (Å²) in [5.41, 5.74) is -1.15. The summed E-state index contributed by atoms with van der Waals surface area (Å²) in [4.78, 5) is 23.3. The number of hydrogen-bond donors (Lipinski definition) is 4. The second kappa shape index (κ2) is 9.23. The van der Waals surface area contributed by atoms with E-state index in [1.807, 2.05) is 0 Å². The molecule has 0 saturated heterocycles. The molecule has 0 bridgehead atoms. The van der Waals surface area contributed by atoms with Gasteiger partial charge in [-0.3, -0.25) is 9.59 Å². The lowest BCUT2D eigenvalue weighted by molar-refractivity contribution is -0.153. The molecule has 0 aromatic rings. The van der Waals surface area contributed by atoms with Crippen LogP contribution in [0.4, 0.5) is 0 Å². The first-order chi connectivity index (χ1) is 10.0. The smallest absolute Gasteiger partial charge is 0.309 e. The molecule has 0 spiro atoms. The minimum Gasteiger partial charge on any atom is -0.481 e. The highest BCUT2D eigenvalue weighted by atomic mass is 16.4. The van der Waals surface area contributed by atoms with Crippen LogP contribution in [0.5, 0.6) is 0 Å². The molecule has 23 heavy (non-hydrogen) atoms. The first-order valence-electron chi connectivity index (χ1n) is 8.48. The average Bonchev–Trinajstić information content (AvgIpc) is 2.49. The number of hydrogen-bond acceptors (Lipinski definition) is 4. The molecule has 136 valence electrons. The van der Waals surface area contributed by atoms with Gasteiger partial charge in [-0.2, -0.15) is 0 Å². The van der Waals surface area contributed by atoms with Crippen molar-refractivity contribution in [3.8, 4) is 0 Å². The van der Waals surface area contributed by atoms with E-state index in [4.69, 9.17) is 0 Å². The molecule has 6 heteroatoms. The Morgan fingerprint density at radius 3 is 1.22 bits per heavy atom. The van der Waals surface area contributed by atoms with Crippen LogP contribution < -0.4 is 12.3 Å². The maximum atomic E-state index is 11.7. The van der Waals surface area contributed by atoms with E-state index in [0.29, 0.717) is 12.8 Å². The highest BCUT2D eigenvalue weighted by molar-refractivity contribution is 5.75. The quantitative estimate of drug-likeness (QED) is 0.562. The Hall–Kier alpha value is -1.14. The number of carboxylic acid groups (broad SMARTS) is 2. The van der Waals surface area contributed by atoms with Crippen molar-refractivity contribution in [2.24, 2.45) is 10.8 Å². The van der Waals surface area contributed by atoms with Crippen LogP contribution in [0, 0.1) is 10.8 Å². The molecule has 6 nitrogen and oxygen atoms in total. The van der Waals surface area contributed by atoms with Crippen molar-refractivity contribution < 1.29 is 19.8 Å². The molecule has 0 radical (unpaired) electrons. The summed E-state index contributed by atoms with van der Waals surface area (Å²) in [6.45, 7) is 0. The fourth-order valence-corrected chi connectivity index (χ4v) is 4.36. The van der Waals surface area contributed by atoms with Crippen molar-refractivity contribution in [3.63, 3.8) is 0 Å². The van der Waals surface area contributed by atoms with Crippen molar-refractivity contribution in [1.29, 1.82) is 0 Å². The number of aliphatic carboxylic acids is 2. The summed E-state index contributed by atoms with van der Waals surface area (Å²) < 4.78 is 0. The zero-order chi connectivity index (χ0) is 15.3. The van der Waals surface area contributed by atoms with Crippen LogP contribution in [0.25, 0.3) is 0 Å². The Labute approximate surface area is 139 Å². The van der Waals surface area contributed by atoms with Gasteiger partial charge in [-0.1, -0.05) is 44.9 Å². The first kappa shape index (κ1) is 21.9. The molecule has 8 N–H and O–H groups in total. The predicted molar refractivity (Wildman–Crippen MR) is 90.2 cm³/mol. The fourth-order valence-electron chi connectivity index (χ4n) is 4.36. The third-order valence-electron chi connectivity index (χ3n) is 5.84. The zero-order valence-corrected chi connectivity index (χ0v) is 14.3. The normalized spacial score (nSPS) is 22.3. The Morgan fingerprint density at radius 2 is 0.957 bits per heavy atom. The molecule has 2 aliphatic rings. The topological polar surface area (TPSA) is 145 Å². The number of rotatable bonds is 6. The van der Waals surface area contributed by atoms with Gasteiger partial charge in [-0.25, -0.2) is 0 Å². The van der Waals surface area contributed by atoms with Crippen molar-refractivity contribution in [1.82, 2.24) is 12.3 Å². The maximum Gasteiger partial charge on any atom is 0.309 e. The molecule has 0 aromatic carbocycles. The summed E-state index contributed by atoms with van der Waals surface area (Å²) in [5.74, 6) is -1.34. The monoisotopic (exact) mass is 330 g/mol. The third kappa shape index (κ3) is 4.91. The fraction of sp³-hybridized carbons (Fsp3) is 0.882.